The van der Waals surface area contributed by atoms with Gasteiger partial charge in [0.2, 0.25) is 0 Å². The zero-order valence-corrected chi connectivity index (χ0v) is 13.1. The number of halogens is 2. The minimum atomic E-state index is -0.253. The highest BCUT2D eigenvalue weighted by Crippen LogP contribution is 2.32. The second-order valence-electron chi connectivity index (χ2n) is 4.51. The van der Waals surface area contributed by atoms with Gasteiger partial charge in [-0.2, -0.15) is 4.39 Å². The van der Waals surface area contributed by atoms with E-state index in [1.807, 2.05) is 18.2 Å². The minimum Gasteiger partial charge on any atom is -0.240 e. The quantitative estimate of drug-likeness (QED) is 0.614. The summed E-state index contributed by atoms with van der Waals surface area (Å²) in [5.41, 5.74) is 2.31. The molecule has 0 fully saturated rings. The zero-order valence-electron chi connectivity index (χ0n) is 10.7. The molecule has 0 aliphatic carbocycles. The fraction of sp³-hybridized carbons (Fsp3) is 0.133. The molecule has 3 aromatic rings. The summed E-state index contributed by atoms with van der Waals surface area (Å²) in [4.78, 5) is 6.26. The van der Waals surface area contributed by atoms with Crippen molar-refractivity contribution in [2.45, 2.75) is 13.3 Å². The van der Waals surface area contributed by atoms with Crippen LogP contribution >= 0.6 is 34.3 Å². The number of aryl methyl sites for hydroxylation is 1. The van der Waals surface area contributed by atoms with Crippen molar-refractivity contribution < 1.29 is 4.39 Å². The van der Waals surface area contributed by atoms with Gasteiger partial charge in [0.1, 0.15) is 5.01 Å². The number of nitrogens with zero attached hydrogens (tertiary/aromatic N) is 1. The Balaban J connectivity index is 1.85. The fourth-order valence-corrected chi connectivity index (χ4v) is 3.90. The molecule has 1 nitrogen and oxygen atoms in total. The molecule has 2 heterocycles. The largest absolute Gasteiger partial charge is 0.240 e. The van der Waals surface area contributed by atoms with Crippen LogP contribution in [-0.4, -0.2) is 4.98 Å². The maximum absolute atomic E-state index is 13.0. The number of benzene rings is 1. The molecule has 1 aromatic carbocycles. The van der Waals surface area contributed by atoms with Crippen LogP contribution < -0.4 is 0 Å². The lowest BCUT2D eigenvalue weighted by atomic mass is 10.1. The summed E-state index contributed by atoms with van der Waals surface area (Å²) in [5.74, 6) is 0. The van der Waals surface area contributed by atoms with Gasteiger partial charge >= 0.3 is 0 Å². The van der Waals surface area contributed by atoms with E-state index in [0.717, 1.165) is 38.2 Å². The van der Waals surface area contributed by atoms with Crippen LogP contribution in [-0.2, 0) is 6.42 Å². The molecular formula is C15H11ClFNS2. The Labute approximate surface area is 129 Å². The van der Waals surface area contributed by atoms with E-state index < -0.39 is 0 Å². The van der Waals surface area contributed by atoms with Crippen molar-refractivity contribution >= 4 is 34.3 Å². The second kappa shape index (κ2) is 5.64. The maximum atomic E-state index is 13.0. The molecule has 0 N–H and O–H groups in total. The van der Waals surface area contributed by atoms with Crippen LogP contribution in [0.5, 0.6) is 0 Å². The van der Waals surface area contributed by atoms with Crippen LogP contribution in [0.2, 0.25) is 5.02 Å². The summed E-state index contributed by atoms with van der Waals surface area (Å²) in [7, 11) is 0. The van der Waals surface area contributed by atoms with E-state index >= 15 is 0 Å². The van der Waals surface area contributed by atoms with E-state index in [2.05, 4.69) is 24.0 Å². The van der Waals surface area contributed by atoms with E-state index in [0.29, 0.717) is 0 Å². The first-order valence-electron chi connectivity index (χ1n) is 6.07. The summed E-state index contributed by atoms with van der Waals surface area (Å²) in [5, 5.41) is 1.26. The first-order valence-corrected chi connectivity index (χ1v) is 8.08. The van der Waals surface area contributed by atoms with Gasteiger partial charge in [-0.25, -0.2) is 4.98 Å². The van der Waals surface area contributed by atoms with Crippen LogP contribution in [0, 0.1) is 12.1 Å². The predicted octanol–water partition coefficient (Wildman–Crippen LogP) is 5.56. The third kappa shape index (κ3) is 2.92. The molecule has 0 saturated carbocycles. The molecule has 0 saturated heterocycles. The van der Waals surface area contributed by atoms with Crippen molar-refractivity contribution in [3.63, 3.8) is 0 Å². The number of thiophene rings is 1. The van der Waals surface area contributed by atoms with Gasteiger partial charge in [-0.3, -0.25) is 0 Å². The molecule has 0 aliphatic rings. The van der Waals surface area contributed by atoms with Crippen molar-refractivity contribution in [1.29, 1.82) is 0 Å². The summed E-state index contributed by atoms with van der Waals surface area (Å²) in [6.07, 6.45) is 2.05. The van der Waals surface area contributed by atoms with E-state index in [4.69, 9.17) is 11.6 Å². The number of thiazole rings is 1. The average Bonchev–Trinajstić information content (AvgIpc) is 3.03. The summed E-state index contributed by atoms with van der Waals surface area (Å²) in [6, 6.07) is 10.1. The van der Waals surface area contributed by atoms with Gasteiger partial charge < -0.3 is 0 Å². The Kier molecular flexibility index (Phi) is 3.87. The number of aromatic nitrogens is 1. The molecule has 0 unspecified atom stereocenters. The Bertz CT molecular complexity index is 748. The highest BCUT2D eigenvalue weighted by atomic mass is 35.5. The summed E-state index contributed by atoms with van der Waals surface area (Å²) >= 11 is 8.92. The van der Waals surface area contributed by atoms with Crippen molar-refractivity contribution in [2.75, 3.05) is 0 Å². The Morgan fingerprint density at radius 1 is 1.20 bits per heavy atom. The van der Waals surface area contributed by atoms with Gasteiger partial charge in [-0.15, -0.1) is 11.3 Å². The van der Waals surface area contributed by atoms with E-state index in [9.17, 15) is 4.39 Å². The highest BCUT2D eigenvalue weighted by Gasteiger charge is 2.09. The Hall–Kier alpha value is -1.23. The predicted molar refractivity (Wildman–Crippen MR) is 84.4 cm³/mol. The van der Waals surface area contributed by atoms with Crippen LogP contribution in [0.3, 0.4) is 0 Å². The lowest BCUT2D eigenvalue weighted by Crippen LogP contribution is -1.87. The van der Waals surface area contributed by atoms with Crippen LogP contribution in [0.1, 0.15) is 16.0 Å². The first-order chi connectivity index (χ1) is 9.61. The van der Waals surface area contributed by atoms with Gasteiger partial charge in [0, 0.05) is 16.3 Å². The Morgan fingerprint density at radius 3 is 2.80 bits per heavy atom. The van der Waals surface area contributed by atoms with Crippen molar-refractivity contribution in [2.24, 2.45) is 0 Å². The smallest absolute Gasteiger partial charge is 0.196 e. The summed E-state index contributed by atoms with van der Waals surface area (Å²) < 4.78 is 13.0. The van der Waals surface area contributed by atoms with Crippen molar-refractivity contribution in [3.8, 4) is 9.88 Å². The third-order valence-electron chi connectivity index (χ3n) is 2.92. The molecular weight excluding hydrogens is 313 g/mol. The molecule has 3 rings (SSSR count). The monoisotopic (exact) mass is 323 g/mol. The van der Waals surface area contributed by atoms with E-state index in [1.165, 1.54) is 16.6 Å². The topological polar surface area (TPSA) is 12.9 Å². The van der Waals surface area contributed by atoms with Crippen LogP contribution in [0.15, 0.2) is 36.5 Å². The standard InChI is InChI=1S/C15H11ClFNS2/c1-9-2-4-12(16)10(6-9)7-11-3-5-13(19-11)15-18-8-14(17)20-15/h2-6,8H,7H2,1H3. The zero-order chi connectivity index (χ0) is 14.1. The molecule has 0 amide bonds. The number of rotatable bonds is 3. The van der Waals surface area contributed by atoms with Gasteiger partial charge in [0.05, 0.1) is 11.1 Å². The molecule has 5 heteroatoms. The molecule has 0 atom stereocenters. The van der Waals surface area contributed by atoms with E-state index in [1.54, 1.807) is 11.3 Å². The van der Waals surface area contributed by atoms with Gasteiger partial charge in [-0.1, -0.05) is 40.6 Å². The number of hydrogen-bond acceptors (Lipinski definition) is 3. The SMILES string of the molecule is Cc1ccc(Cl)c(Cc2ccc(-c3ncc(F)s3)s2)c1. The van der Waals surface area contributed by atoms with Crippen molar-refractivity contribution in [1.82, 2.24) is 4.98 Å². The van der Waals surface area contributed by atoms with Gasteiger partial charge in [-0.05, 0) is 30.7 Å². The molecule has 0 aliphatic heterocycles. The molecule has 20 heavy (non-hydrogen) atoms. The molecule has 102 valence electrons. The molecule has 0 spiro atoms. The maximum Gasteiger partial charge on any atom is 0.196 e. The van der Waals surface area contributed by atoms with Crippen LogP contribution in [0.4, 0.5) is 4.39 Å². The van der Waals surface area contributed by atoms with Gasteiger partial charge in [0.25, 0.3) is 0 Å². The third-order valence-corrected chi connectivity index (χ3v) is 5.32. The van der Waals surface area contributed by atoms with Gasteiger partial charge in [0.15, 0.2) is 5.13 Å². The number of hydrogen-bond donors (Lipinski definition) is 0. The van der Waals surface area contributed by atoms with Crippen LogP contribution in [0.25, 0.3) is 9.88 Å². The lowest BCUT2D eigenvalue weighted by molar-refractivity contribution is 0.653. The molecule has 0 radical (unpaired) electrons. The second-order valence-corrected chi connectivity index (χ2v) is 7.06. The molecule has 2 aromatic heterocycles. The first kappa shape index (κ1) is 13.7. The summed E-state index contributed by atoms with van der Waals surface area (Å²) in [6.45, 7) is 2.05. The normalized spacial score (nSPS) is 10.9. The fourth-order valence-electron chi connectivity index (χ4n) is 1.98. The Morgan fingerprint density at radius 2 is 2.05 bits per heavy atom. The van der Waals surface area contributed by atoms with E-state index in [-0.39, 0.29) is 5.13 Å². The minimum absolute atomic E-state index is 0.253. The van der Waals surface area contributed by atoms with Crippen molar-refractivity contribution in [3.05, 3.63) is 62.7 Å². The lowest BCUT2D eigenvalue weighted by Gasteiger charge is -2.03. The highest BCUT2D eigenvalue weighted by molar-refractivity contribution is 7.21. The molecule has 0 bridgehead atoms. The average molecular weight is 324 g/mol.